The van der Waals surface area contributed by atoms with Gasteiger partial charge in [-0.15, -0.1) is 10.2 Å². The van der Waals surface area contributed by atoms with Crippen LogP contribution in [-0.2, 0) is 17.8 Å². The summed E-state index contributed by atoms with van der Waals surface area (Å²) in [5, 5.41) is 8.87. The highest BCUT2D eigenvalue weighted by Gasteiger charge is 2.34. The van der Waals surface area contributed by atoms with Crippen molar-refractivity contribution in [3.05, 3.63) is 41.5 Å². The maximum atomic E-state index is 12.8. The number of ether oxygens (including phenoxy) is 1. The van der Waals surface area contributed by atoms with Crippen LogP contribution in [-0.4, -0.2) is 38.7 Å². The second-order valence-electron chi connectivity index (χ2n) is 7.24. The molecule has 26 heavy (non-hydrogen) atoms. The first-order chi connectivity index (χ1) is 12.7. The fourth-order valence-electron chi connectivity index (χ4n) is 4.03. The van der Waals surface area contributed by atoms with Gasteiger partial charge in [0, 0.05) is 19.5 Å². The maximum absolute atomic E-state index is 12.8. The van der Waals surface area contributed by atoms with Gasteiger partial charge in [0.1, 0.15) is 11.6 Å². The Morgan fingerprint density at radius 2 is 2.04 bits per heavy atom. The summed E-state index contributed by atoms with van der Waals surface area (Å²) < 4.78 is 8.03. The lowest BCUT2D eigenvalue weighted by atomic mass is 10.2. The molecule has 2 aliphatic heterocycles. The van der Waals surface area contributed by atoms with Gasteiger partial charge in [0.2, 0.25) is 0 Å². The molecule has 1 aromatic carbocycles. The molecular weight excluding hydrogens is 328 g/mol. The molecule has 138 valence electrons. The number of amides is 1. The van der Waals surface area contributed by atoms with Gasteiger partial charge in [-0.1, -0.05) is 24.6 Å². The van der Waals surface area contributed by atoms with Crippen LogP contribution >= 0.6 is 0 Å². The number of aromatic nitrogens is 3. The monoisotopic (exact) mass is 354 g/mol. The number of rotatable bonds is 4. The molecule has 0 bridgehead atoms. The van der Waals surface area contributed by atoms with Gasteiger partial charge < -0.3 is 14.2 Å². The standard InChI is InChI=1S/C20H26N4O2/c1-15-8-4-5-10-17(15)26-14-19(25)23-13-7-9-16(23)20-22-21-18-11-3-2-6-12-24(18)20/h4-5,8,10,16H,2-3,6-7,9,11-14H2,1H3. The van der Waals surface area contributed by atoms with Crippen LogP contribution < -0.4 is 4.74 Å². The summed E-state index contributed by atoms with van der Waals surface area (Å²) in [6.07, 6.45) is 6.52. The van der Waals surface area contributed by atoms with Gasteiger partial charge in [-0.05, 0) is 44.2 Å². The van der Waals surface area contributed by atoms with E-state index in [9.17, 15) is 4.79 Å². The third-order valence-electron chi connectivity index (χ3n) is 5.45. The van der Waals surface area contributed by atoms with Crippen LogP contribution in [0.1, 0.15) is 55.4 Å². The minimum atomic E-state index is 0.0294. The minimum absolute atomic E-state index is 0.0294. The molecule has 2 aliphatic rings. The van der Waals surface area contributed by atoms with E-state index in [0.29, 0.717) is 0 Å². The van der Waals surface area contributed by atoms with Crippen LogP contribution in [0.2, 0.25) is 0 Å². The Morgan fingerprint density at radius 3 is 2.92 bits per heavy atom. The molecule has 3 heterocycles. The molecule has 2 aromatic rings. The number of carbonyl (C=O) groups is 1. The van der Waals surface area contributed by atoms with Gasteiger partial charge in [-0.25, -0.2) is 0 Å². The van der Waals surface area contributed by atoms with Gasteiger partial charge in [-0.3, -0.25) is 4.79 Å². The van der Waals surface area contributed by atoms with Crippen LogP contribution in [0.15, 0.2) is 24.3 Å². The van der Waals surface area contributed by atoms with Crippen LogP contribution in [0, 0.1) is 6.92 Å². The van der Waals surface area contributed by atoms with Crippen LogP contribution in [0.5, 0.6) is 5.75 Å². The lowest BCUT2D eigenvalue weighted by Gasteiger charge is -2.25. The van der Waals surface area contributed by atoms with E-state index in [1.807, 2.05) is 36.1 Å². The van der Waals surface area contributed by atoms with E-state index in [4.69, 9.17) is 4.74 Å². The highest BCUT2D eigenvalue weighted by molar-refractivity contribution is 5.78. The quantitative estimate of drug-likeness (QED) is 0.847. The molecule has 1 atom stereocenters. The van der Waals surface area contributed by atoms with E-state index in [2.05, 4.69) is 14.8 Å². The molecule has 4 rings (SSSR count). The molecule has 0 spiro atoms. The van der Waals surface area contributed by atoms with E-state index in [1.54, 1.807) is 0 Å². The molecule has 1 unspecified atom stereocenters. The lowest BCUT2D eigenvalue weighted by molar-refractivity contribution is -0.134. The summed E-state index contributed by atoms with van der Waals surface area (Å²) >= 11 is 0. The van der Waals surface area contributed by atoms with Crippen molar-refractivity contribution in [2.24, 2.45) is 0 Å². The molecule has 1 amide bonds. The number of hydrogen-bond acceptors (Lipinski definition) is 4. The highest BCUT2D eigenvalue weighted by Crippen LogP contribution is 2.32. The summed E-state index contributed by atoms with van der Waals surface area (Å²) in [6, 6.07) is 7.82. The van der Waals surface area contributed by atoms with Gasteiger partial charge in [0.25, 0.3) is 5.91 Å². The van der Waals surface area contributed by atoms with Crippen molar-refractivity contribution in [1.82, 2.24) is 19.7 Å². The Hall–Kier alpha value is -2.37. The summed E-state index contributed by atoms with van der Waals surface area (Å²) in [5.41, 5.74) is 1.04. The predicted molar refractivity (Wildman–Crippen MR) is 97.9 cm³/mol. The summed E-state index contributed by atoms with van der Waals surface area (Å²) in [7, 11) is 0. The van der Waals surface area contributed by atoms with Crippen LogP contribution in [0.25, 0.3) is 0 Å². The number of benzene rings is 1. The van der Waals surface area contributed by atoms with Crippen molar-refractivity contribution in [3.8, 4) is 5.75 Å². The predicted octanol–water partition coefficient (Wildman–Crippen LogP) is 3.06. The van der Waals surface area contributed by atoms with E-state index >= 15 is 0 Å². The molecule has 1 fully saturated rings. The van der Waals surface area contributed by atoms with Crippen molar-refractivity contribution in [2.45, 2.75) is 58.0 Å². The smallest absolute Gasteiger partial charge is 0.261 e. The molecule has 0 saturated carbocycles. The Balaban J connectivity index is 1.47. The van der Waals surface area contributed by atoms with Crippen molar-refractivity contribution in [1.29, 1.82) is 0 Å². The van der Waals surface area contributed by atoms with Gasteiger partial charge in [-0.2, -0.15) is 0 Å². The summed E-state index contributed by atoms with van der Waals surface area (Å²) in [4.78, 5) is 14.7. The van der Waals surface area contributed by atoms with E-state index in [1.165, 1.54) is 12.8 Å². The zero-order valence-corrected chi connectivity index (χ0v) is 15.4. The number of para-hydroxylation sites is 1. The molecule has 0 aliphatic carbocycles. The molecule has 1 saturated heterocycles. The Morgan fingerprint density at radius 1 is 1.15 bits per heavy atom. The van der Waals surface area contributed by atoms with Crippen molar-refractivity contribution in [3.63, 3.8) is 0 Å². The summed E-state index contributed by atoms with van der Waals surface area (Å²) in [5.74, 6) is 2.84. The molecule has 1 aromatic heterocycles. The zero-order valence-electron chi connectivity index (χ0n) is 15.4. The molecule has 6 nitrogen and oxygen atoms in total. The van der Waals surface area contributed by atoms with Gasteiger partial charge in [0.05, 0.1) is 6.04 Å². The van der Waals surface area contributed by atoms with Crippen LogP contribution in [0.3, 0.4) is 0 Å². The number of likely N-dealkylation sites (tertiary alicyclic amines) is 1. The van der Waals surface area contributed by atoms with Gasteiger partial charge in [0.15, 0.2) is 12.4 Å². The first-order valence-electron chi connectivity index (χ1n) is 9.64. The van der Waals surface area contributed by atoms with Crippen LogP contribution in [0.4, 0.5) is 0 Å². The average molecular weight is 354 g/mol. The first kappa shape index (κ1) is 17.1. The van der Waals surface area contributed by atoms with Crippen molar-refractivity contribution < 1.29 is 9.53 Å². The zero-order chi connectivity index (χ0) is 17.9. The number of fused-ring (bicyclic) bond motifs is 1. The Kier molecular flexibility index (Phi) is 4.91. The third kappa shape index (κ3) is 3.32. The Bertz CT molecular complexity index is 786. The Labute approximate surface area is 154 Å². The first-order valence-corrected chi connectivity index (χ1v) is 9.64. The normalized spacial score (nSPS) is 19.9. The van der Waals surface area contributed by atoms with E-state index in [0.717, 1.165) is 61.7 Å². The van der Waals surface area contributed by atoms with Crippen molar-refractivity contribution in [2.75, 3.05) is 13.2 Å². The SMILES string of the molecule is Cc1ccccc1OCC(=O)N1CCCC1c1nnc2n1CCCCC2. The average Bonchev–Trinajstić information content (AvgIpc) is 3.21. The molecule has 0 radical (unpaired) electrons. The number of carbonyl (C=O) groups excluding carboxylic acids is 1. The molecule has 6 heteroatoms. The minimum Gasteiger partial charge on any atom is -0.484 e. The molecular formula is C20H26N4O2. The molecule has 0 N–H and O–H groups in total. The fraction of sp³-hybridized carbons (Fsp3) is 0.550. The highest BCUT2D eigenvalue weighted by atomic mass is 16.5. The van der Waals surface area contributed by atoms with Crippen molar-refractivity contribution >= 4 is 5.91 Å². The maximum Gasteiger partial charge on any atom is 0.261 e. The van der Waals surface area contributed by atoms with Gasteiger partial charge >= 0.3 is 0 Å². The number of hydrogen-bond donors (Lipinski definition) is 0. The van der Waals surface area contributed by atoms with E-state index in [-0.39, 0.29) is 18.6 Å². The summed E-state index contributed by atoms with van der Waals surface area (Å²) in [6.45, 7) is 3.80. The third-order valence-corrected chi connectivity index (χ3v) is 5.45. The second-order valence-corrected chi connectivity index (χ2v) is 7.24. The largest absolute Gasteiger partial charge is 0.484 e. The number of aryl methyl sites for hydroxylation is 2. The topological polar surface area (TPSA) is 60.2 Å². The number of nitrogens with zero attached hydrogens (tertiary/aromatic N) is 4. The van der Waals surface area contributed by atoms with E-state index < -0.39 is 0 Å². The second kappa shape index (κ2) is 7.48. The lowest BCUT2D eigenvalue weighted by Crippen LogP contribution is -2.35. The fourth-order valence-corrected chi connectivity index (χ4v) is 4.03.